The molecule has 1 fully saturated rings. The van der Waals surface area contributed by atoms with Gasteiger partial charge >= 0.3 is 0 Å². The largest absolute Gasteiger partial charge is 0.396 e. The highest BCUT2D eigenvalue weighted by Gasteiger charge is 2.33. The number of aromatic nitrogens is 1. The number of halogens is 1. The van der Waals surface area contributed by atoms with Crippen molar-refractivity contribution in [3.63, 3.8) is 0 Å². The Hall–Kier alpha value is -0.940. The highest BCUT2D eigenvalue weighted by molar-refractivity contribution is 9.10. The first-order chi connectivity index (χ1) is 8.54. The van der Waals surface area contributed by atoms with E-state index in [0.29, 0.717) is 16.8 Å². The third-order valence-electron chi connectivity index (χ3n) is 3.38. The quantitative estimate of drug-likeness (QED) is 0.851. The summed E-state index contributed by atoms with van der Waals surface area (Å²) in [4.78, 5) is 18.3. The van der Waals surface area contributed by atoms with Crippen LogP contribution in [-0.2, 0) is 0 Å². The van der Waals surface area contributed by atoms with E-state index in [1.807, 2.05) is 6.92 Å². The Morgan fingerprint density at radius 2 is 2.39 bits per heavy atom. The summed E-state index contributed by atoms with van der Waals surface area (Å²) in [6.07, 6.45) is 1.88. The summed E-state index contributed by atoms with van der Waals surface area (Å²) in [7, 11) is 0. The van der Waals surface area contributed by atoms with E-state index >= 15 is 0 Å². The molecular formula is C13H17BrN2O2. The van der Waals surface area contributed by atoms with Crippen molar-refractivity contribution in [1.82, 2.24) is 9.88 Å². The number of carbonyl (C=O) groups excluding carboxylic acids is 1. The lowest BCUT2D eigenvalue weighted by Crippen LogP contribution is -2.46. The third kappa shape index (κ3) is 2.90. The molecule has 98 valence electrons. The number of piperidine rings is 1. The molecule has 1 N–H and O–H groups in total. The molecule has 1 saturated heterocycles. The van der Waals surface area contributed by atoms with Crippen molar-refractivity contribution in [1.29, 1.82) is 0 Å². The van der Waals surface area contributed by atoms with E-state index in [4.69, 9.17) is 0 Å². The first-order valence-corrected chi connectivity index (χ1v) is 6.86. The van der Waals surface area contributed by atoms with Crippen molar-refractivity contribution in [2.24, 2.45) is 5.41 Å². The van der Waals surface area contributed by atoms with Gasteiger partial charge in [-0.3, -0.25) is 4.79 Å². The lowest BCUT2D eigenvalue weighted by atomic mass is 9.82. The molecule has 18 heavy (non-hydrogen) atoms. The maximum Gasteiger partial charge on any atom is 0.272 e. The van der Waals surface area contributed by atoms with E-state index in [-0.39, 0.29) is 17.9 Å². The van der Waals surface area contributed by atoms with Gasteiger partial charge in [-0.05, 0) is 40.9 Å². The average Bonchev–Trinajstić information content (AvgIpc) is 2.38. The number of likely N-dealkylation sites (tertiary alicyclic amines) is 1. The van der Waals surface area contributed by atoms with E-state index in [2.05, 4.69) is 20.9 Å². The zero-order chi connectivity index (χ0) is 13.2. The highest BCUT2D eigenvalue weighted by atomic mass is 79.9. The van der Waals surface area contributed by atoms with Crippen LogP contribution < -0.4 is 0 Å². The van der Waals surface area contributed by atoms with E-state index in [1.54, 1.807) is 23.1 Å². The molecule has 1 aliphatic rings. The maximum atomic E-state index is 12.3. The Balaban J connectivity index is 2.14. The molecule has 4 nitrogen and oxygen atoms in total. The molecule has 5 heteroatoms. The summed E-state index contributed by atoms with van der Waals surface area (Å²) in [6.45, 7) is 3.46. The fraction of sp³-hybridized carbons (Fsp3) is 0.538. The molecule has 0 spiro atoms. The molecule has 2 rings (SSSR count). The van der Waals surface area contributed by atoms with Gasteiger partial charge in [0, 0.05) is 18.5 Å². The lowest BCUT2D eigenvalue weighted by Gasteiger charge is -2.39. The smallest absolute Gasteiger partial charge is 0.272 e. The molecular weight excluding hydrogens is 296 g/mol. The van der Waals surface area contributed by atoms with Crippen molar-refractivity contribution >= 4 is 21.8 Å². The number of hydrogen-bond acceptors (Lipinski definition) is 3. The van der Waals surface area contributed by atoms with Gasteiger partial charge in [-0.2, -0.15) is 0 Å². The Morgan fingerprint density at radius 1 is 1.61 bits per heavy atom. The van der Waals surface area contributed by atoms with E-state index in [0.717, 1.165) is 19.4 Å². The number of hydrogen-bond donors (Lipinski definition) is 1. The molecule has 0 bridgehead atoms. The number of rotatable bonds is 2. The van der Waals surface area contributed by atoms with Crippen molar-refractivity contribution in [2.45, 2.75) is 19.8 Å². The van der Waals surface area contributed by atoms with Crippen LogP contribution in [-0.4, -0.2) is 40.6 Å². The molecule has 1 aliphatic heterocycles. The second kappa shape index (κ2) is 5.36. The van der Waals surface area contributed by atoms with Crippen LogP contribution in [0.25, 0.3) is 0 Å². The zero-order valence-electron chi connectivity index (χ0n) is 10.4. The monoisotopic (exact) mass is 312 g/mol. The first-order valence-electron chi connectivity index (χ1n) is 6.07. The van der Waals surface area contributed by atoms with Crippen molar-refractivity contribution in [3.05, 3.63) is 28.5 Å². The second-order valence-corrected chi connectivity index (χ2v) is 5.96. The predicted octanol–water partition coefficient (Wildman–Crippen LogP) is 2.08. The van der Waals surface area contributed by atoms with Gasteiger partial charge in [-0.15, -0.1) is 0 Å². The van der Waals surface area contributed by atoms with Gasteiger partial charge in [-0.1, -0.05) is 13.0 Å². The highest BCUT2D eigenvalue weighted by Crippen LogP contribution is 2.29. The number of pyridine rings is 1. The van der Waals surface area contributed by atoms with Crippen LogP contribution in [0.2, 0.25) is 0 Å². The molecule has 0 aromatic carbocycles. The number of carbonyl (C=O) groups is 1. The van der Waals surface area contributed by atoms with Crippen LogP contribution in [0.4, 0.5) is 0 Å². The van der Waals surface area contributed by atoms with Crippen LogP contribution in [0.5, 0.6) is 0 Å². The maximum absolute atomic E-state index is 12.3. The Labute approximate surface area is 115 Å². The SMILES string of the molecule is CC1(CO)CCCN(C(=O)c2cccc(Br)n2)C1. The number of aliphatic hydroxyl groups is 1. The van der Waals surface area contributed by atoms with Gasteiger partial charge in [0.25, 0.3) is 5.91 Å². The third-order valence-corrected chi connectivity index (χ3v) is 3.83. The molecule has 0 aliphatic carbocycles. The summed E-state index contributed by atoms with van der Waals surface area (Å²) in [5.74, 6) is -0.0596. The van der Waals surface area contributed by atoms with E-state index in [1.165, 1.54) is 0 Å². The van der Waals surface area contributed by atoms with E-state index < -0.39 is 0 Å². The number of aliphatic hydroxyl groups excluding tert-OH is 1. The fourth-order valence-corrected chi connectivity index (χ4v) is 2.65. The normalized spacial score (nSPS) is 24.1. The fourth-order valence-electron chi connectivity index (χ4n) is 2.31. The summed E-state index contributed by atoms with van der Waals surface area (Å²) >= 11 is 3.27. The summed E-state index contributed by atoms with van der Waals surface area (Å²) < 4.78 is 0.662. The molecule has 1 atom stereocenters. The number of nitrogens with zero attached hydrogens (tertiary/aromatic N) is 2. The average molecular weight is 313 g/mol. The van der Waals surface area contributed by atoms with Gasteiger partial charge in [0.05, 0.1) is 6.61 Å². The summed E-state index contributed by atoms with van der Waals surface area (Å²) in [5.41, 5.74) is 0.270. The van der Waals surface area contributed by atoms with Crippen molar-refractivity contribution in [2.75, 3.05) is 19.7 Å². The molecule has 0 saturated carbocycles. The van der Waals surface area contributed by atoms with E-state index in [9.17, 15) is 9.90 Å². The van der Waals surface area contributed by atoms with Crippen molar-refractivity contribution < 1.29 is 9.90 Å². The standard InChI is InChI=1S/C13H17BrN2O2/c1-13(9-17)6-3-7-16(8-13)12(18)10-4-2-5-11(14)15-10/h2,4-5,17H,3,6-9H2,1H3. The minimum Gasteiger partial charge on any atom is -0.396 e. The van der Waals surface area contributed by atoms with Gasteiger partial charge in [-0.25, -0.2) is 4.98 Å². The molecule has 1 aromatic heterocycles. The molecule has 2 heterocycles. The van der Waals surface area contributed by atoms with Crippen LogP contribution in [0, 0.1) is 5.41 Å². The Kier molecular flexibility index (Phi) is 4.02. The molecule has 0 radical (unpaired) electrons. The van der Waals surface area contributed by atoms with Gasteiger partial charge in [0.1, 0.15) is 10.3 Å². The molecule has 1 unspecified atom stereocenters. The number of amides is 1. The van der Waals surface area contributed by atoms with Crippen LogP contribution in [0.1, 0.15) is 30.3 Å². The Bertz CT molecular complexity index is 452. The minimum absolute atomic E-state index is 0.0596. The summed E-state index contributed by atoms with van der Waals surface area (Å²) in [5, 5.41) is 9.40. The lowest BCUT2D eigenvalue weighted by molar-refractivity contribution is 0.0353. The van der Waals surface area contributed by atoms with Gasteiger partial charge in [0.15, 0.2) is 0 Å². The summed E-state index contributed by atoms with van der Waals surface area (Å²) in [6, 6.07) is 5.32. The first kappa shape index (κ1) is 13.5. The van der Waals surface area contributed by atoms with Crippen LogP contribution >= 0.6 is 15.9 Å². The van der Waals surface area contributed by atoms with Gasteiger partial charge in [0.2, 0.25) is 0 Å². The zero-order valence-corrected chi connectivity index (χ0v) is 12.0. The second-order valence-electron chi connectivity index (χ2n) is 5.14. The topological polar surface area (TPSA) is 53.4 Å². The molecule has 1 aromatic rings. The van der Waals surface area contributed by atoms with Gasteiger partial charge < -0.3 is 10.0 Å². The predicted molar refractivity (Wildman–Crippen MR) is 72.3 cm³/mol. The minimum atomic E-state index is -0.181. The van der Waals surface area contributed by atoms with Crippen molar-refractivity contribution in [3.8, 4) is 0 Å². The Morgan fingerprint density at radius 3 is 3.06 bits per heavy atom. The van der Waals surface area contributed by atoms with Crippen LogP contribution in [0.15, 0.2) is 22.8 Å². The van der Waals surface area contributed by atoms with Crippen LogP contribution in [0.3, 0.4) is 0 Å². The molecule has 1 amide bonds.